The molecule has 0 aliphatic heterocycles. The van der Waals surface area contributed by atoms with E-state index in [0.717, 1.165) is 9.26 Å². The van der Waals surface area contributed by atoms with Crippen molar-refractivity contribution in [2.45, 2.75) is 6.92 Å². The zero-order valence-electron chi connectivity index (χ0n) is 11.0. The van der Waals surface area contributed by atoms with Crippen molar-refractivity contribution >= 4 is 45.8 Å². The maximum absolute atomic E-state index is 6.18. The zero-order chi connectivity index (χ0) is 14.9. The van der Waals surface area contributed by atoms with Crippen LogP contribution in [-0.2, 0) is 0 Å². The highest BCUT2D eigenvalue weighted by atomic mass is 127. The Morgan fingerprint density at radius 1 is 1.10 bits per heavy atom. The monoisotopic (exact) mass is 424 g/mol. The van der Waals surface area contributed by atoms with Gasteiger partial charge in [-0.15, -0.1) is 0 Å². The largest absolute Gasteiger partial charge is 0.493 e. The third-order valence-electron chi connectivity index (χ3n) is 2.67. The first kappa shape index (κ1) is 15.6. The first-order valence-corrected chi connectivity index (χ1v) is 7.43. The summed E-state index contributed by atoms with van der Waals surface area (Å²) in [6.07, 6.45) is 0. The molecule has 1 heterocycles. The standard InChI is InChI=1S/C13H11Cl2IN2O2/c1-6-10(16)12(15)18-13(17-6)7-4-8(14)11(20-3)9(5-7)19-2/h4-5H,1-3H3. The summed E-state index contributed by atoms with van der Waals surface area (Å²) in [4.78, 5) is 8.69. The van der Waals surface area contributed by atoms with Gasteiger partial charge in [0.05, 0.1) is 28.5 Å². The molecule has 2 aromatic rings. The fourth-order valence-corrected chi connectivity index (χ4v) is 2.45. The number of hydrogen-bond donors (Lipinski definition) is 0. The third kappa shape index (κ3) is 2.94. The third-order valence-corrected chi connectivity index (χ3v) is 4.83. The van der Waals surface area contributed by atoms with E-state index in [1.54, 1.807) is 19.2 Å². The van der Waals surface area contributed by atoms with Gasteiger partial charge in [0.2, 0.25) is 0 Å². The Morgan fingerprint density at radius 2 is 1.80 bits per heavy atom. The van der Waals surface area contributed by atoms with Crippen LogP contribution in [0.2, 0.25) is 10.2 Å². The molecule has 0 fully saturated rings. The zero-order valence-corrected chi connectivity index (χ0v) is 14.7. The topological polar surface area (TPSA) is 44.2 Å². The maximum Gasteiger partial charge on any atom is 0.179 e. The van der Waals surface area contributed by atoms with Crippen molar-refractivity contribution in [1.29, 1.82) is 0 Å². The van der Waals surface area contributed by atoms with E-state index in [-0.39, 0.29) is 0 Å². The number of aromatic nitrogens is 2. The van der Waals surface area contributed by atoms with Gasteiger partial charge in [-0.1, -0.05) is 23.2 Å². The molecule has 0 bridgehead atoms. The number of rotatable bonds is 3. The predicted octanol–water partition coefficient (Wildman–Crippen LogP) is 4.38. The number of halogens is 3. The molecule has 0 unspecified atom stereocenters. The number of hydrogen-bond acceptors (Lipinski definition) is 4. The van der Waals surface area contributed by atoms with Gasteiger partial charge >= 0.3 is 0 Å². The lowest BCUT2D eigenvalue weighted by Gasteiger charge is -2.12. The van der Waals surface area contributed by atoms with Crippen LogP contribution in [0.3, 0.4) is 0 Å². The van der Waals surface area contributed by atoms with Crippen LogP contribution in [0, 0.1) is 10.5 Å². The van der Waals surface area contributed by atoms with Gasteiger partial charge in [-0.2, -0.15) is 0 Å². The number of aryl methyl sites for hydroxylation is 1. The number of benzene rings is 1. The molecular formula is C13H11Cl2IN2O2. The number of methoxy groups -OCH3 is 2. The minimum Gasteiger partial charge on any atom is -0.493 e. The molecule has 0 atom stereocenters. The van der Waals surface area contributed by atoms with Crippen LogP contribution in [0.5, 0.6) is 11.5 Å². The lowest BCUT2D eigenvalue weighted by Crippen LogP contribution is -1.98. The highest BCUT2D eigenvalue weighted by molar-refractivity contribution is 14.1. The van der Waals surface area contributed by atoms with E-state index in [1.165, 1.54) is 7.11 Å². The molecule has 0 saturated heterocycles. The summed E-state index contributed by atoms with van der Waals surface area (Å²) in [6.45, 7) is 1.88. The molecule has 1 aromatic heterocycles. The summed E-state index contributed by atoms with van der Waals surface area (Å²) >= 11 is 14.4. The normalized spacial score (nSPS) is 10.5. The molecule has 0 amide bonds. The van der Waals surface area contributed by atoms with E-state index in [4.69, 9.17) is 32.7 Å². The summed E-state index contributed by atoms with van der Waals surface area (Å²) in [5.41, 5.74) is 1.53. The molecule has 20 heavy (non-hydrogen) atoms. The maximum atomic E-state index is 6.18. The number of ether oxygens (including phenoxy) is 2. The second-order valence-corrected chi connectivity index (χ2v) is 5.77. The lowest BCUT2D eigenvalue weighted by molar-refractivity contribution is 0.355. The van der Waals surface area contributed by atoms with Crippen LogP contribution in [0.15, 0.2) is 12.1 Å². The van der Waals surface area contributed by atoms with Crippen LogP contribution in [0.1, 0.15) is 5.69 Å². The Bertz CT molecular complexity index is 642. The van der Waals surface area contributed by atoms with E-state index in [2.05, 4.69) is 32.6 Å². The highest BCUT2D eigenvalue weighted by Gasteiger charge is 2.15. The van der Waals surface area contributed by atoms with Gasteiger partial charge in [0, 0.05) is 5.56 Å². The molecule has 1 aromatic carbocycles. The number of nitrogens with zero attached hydrogens (tertiary/aromatic N) is 2. The molecule has 0 aliphatic carbocycles. The molecule has 2 rings (SSSR count). The average Bonchev–Trinajstić information content (AvgIpc) is 2.43. The minimum absolute atomic E-state index is 0.416. The van der Waals surface area contributed by atoms with Gasteiger partial charge in [-0.05, 0) is 41.6 Å². The van der Waals surface area contributed by atoms with Crippen LogP contribution in [-0.4, -0.2) is 24.2 Å². The second-order valence-electron chi connectivity index (χ2n) is 3.93. The molecule has 106 valence electrons. The van der Waals surface area contributed by atoms with Gasteiger partial charge in [0.15, 0.2) is 17.3 Å². The summed E-state index contributed by atoms with van der Waals surface area (Å²) in [6, 6.07) is 3.49. The van der Waals surface area contributed by atoms with Crippen LogP contribution in [0.4, 0.5) is 0 Å². The molecular weight excluding hydrogens is 414 g/mol. The Kier molecular flexibility index (Phi) is 4.93. The van der Waals surface area contributed by atoms with Crippen molar-refractivity contribution < 1.29 is 9.47 Å². The van der Waals surface area contributed by atoms with E-state index >= 15 is 0 Å². The fourth-order valence-electron chi connectivity index (χ4n) is 1.70. The minimum atomic E-state index is 0.416. The molecule has 4 nitrogen and oxygen atoms in total. The molecule has 0 saturated carbocycles. The molecule has 0 radical (unpaired) electrons. The predicted molar refractivity (Wildman–Crippen MR) is 88.0 cm³/mol. The van der Waals surface area contributed by atoms with Crippen molar-refractivity contribution in [2.24, 2.45) is 0 Å². The van der Waals surface area contributed by atoms with E-state index in [0.29, 0.717) is 33.1 Å². The molecule has 7 heteroatoms. The Balaban J connectivity index is 2.62. The highest BCUT2D eigenvalue weighted by Crippen LogP contribution is 2.38. The van der Waals surface area contributed by atoms with E-state index in [9.17, 15) is 0 Å². The van der Waals surface area contributed by atoms with E-state index < -0.39 is 0 Å². The molecule has 0 aliphatic rings. The Hall–Kier alpha value is -0.790. The van der Waals surface area contributed by atoms with Gasteiger partial charge in [-0.3, -0.25) is 0 Å². The van der Waals surface area contributed by atoms with Crippen molar-refractivity contribution in [3.8, 4) is 22.9 Å². The molecule has 0 N–H and O–H groups in total. The van der Waals surface area contributed by atoms with Crippen LogP contribution >= 0.6 is 45.8 Å². The Morgan fingerprint density at radius 3 is 2.35 bits per heavy atom. The van der Waals surface area contributed by atoms with Crippen molar-refractivity contribution in [2.75, 3.05) is 14.2 Å². The smallest absolute Gasteiger partial charge is 0.179 e. The summed E-state index contributed by atoms with van der Waals surface area (Å²) < 4.78 is 11.3. The molecule has 0 spiro atoms. The second kappa shape index (κ2) is 6.32. The van der Waals surface area contributed by atoms with Gasteiger partial charge in [-0.25, -0.2) is 9.97 Å². The van der Waals surface area contributed by atoms with Gasteiger partial charge in [0.1, 0.15) is 5.15 Å². The van der Waals surface area contributed by atoms with Crippen molar-refractivity contribution in [1.82, 2.24) is 9.97 Å². The quantitative estimate of drug-likeness (QED) is 0.541. The first-order chi connectivity index (χ1) is 9.47. The average molecular weight is 425 g/mol. The fraction of sp³-hybridized carbons (Fsp3) is 0.231. The van der Waals surface area contributed by atoms with Crippen LogP contribution < -0.4 is 9.47 Å². The summed E-state index contributed by atoms with van der Waals surface area (Å²) in [5, 5.41) is 0.844. The van der Waals surface area contributed by atoms with Gasteiger partial charge < -0.3 is 9.47 Å². The van der Waals surface area contributed by atoms with Crippen molar-refractivity contribution in [3.05, 3.63) is 31.6 Å². The summed E-state index contributed by atoms with van der Waals surface area (Å²) in [7, 11) is 3.08. The SMILES string of the molecule is COc1cc(-c2nc(C)c(I)c(Cl)n2)cc(Cl)c1OC. The lowest BCUT2D eigenvalue weighted by atomic mass is 10.2. The van der Waals surface area contributed by atoms with E-state index in [1.807, 2.05) is 6.92 Å². The van der Waals surface area contributed by atoms with Crippen molar-refractivity contribution in [3.63, 3.8) is 0 Å². The first-order valence-electron chi connectivity index (χ1n) is 5.59. The van der Waals surface area contributed by atoms with Crippen LogP contribution in [0.25, 0.3) is 11.4 Å². The van der Waals surface area contributed by atoms with Gasteiger partial charge in [0.25, 0.3) is 0 Å². The Labute approximate surface area is 140 Å². The summed E-state index contributed by atoms with van der Waals surface area (Å²) in [5.74, 6) is 1.49.